The van der Waals surface area contributed by atoms with Crippen LogP contribution in [-0.4, -0.2) is 45.9 Å². The topological polar surface area (TPSA) is 148 Å². The third-order valence-electron chi connectivity index (χ3n) is 5.22. The third-order valence-corrected chi connectivity index (χ3v) is 5.22. The van der Waals surface area contributed by atoms with Crippen LogP contribution in [0.1, 0.15) is 29.2 Å². The first-order valence-corrected chi connectivity index (χ1v) is 9.59. The van der Waals surface area contributed by atoms with Gasteiger partial charge in [0.2, 0.25) is 0 Å². The number of methoxy groups -OCH3 is 2. The van der Waals surface area contributed by atoms with E-state index in [9.17, 15) is 24.3 Å². The van der Waals surface area contributed by atoms with E-state index in [2.05, 4.69) is 4.98 Å². The molecule has 0 radical (unpaired) electrons. The van der Waals surface area contributed by atoms with Gasteiger partial charge in [0.05, 0.1) is 31.7 Å². The molecule has 10 nitrogen and oxygen atoms in total. The molecule has 1 atom stereocenters. The Morgan fingerprint density at radius 3 is 2.50 bits per heavy atom. The van der Waals surface area contributed by atoms with Crippen molar-refractivity contribution in [2.75, 3.05) is 14.2 Å². The number of benzene rings is 1. The van der Waals surface area contributed by atoms with Gasteiger partial charge in [0.1, 0.15) is 18.0 Å². The van der Waals surface area contributed by atoms with Gasteiger partial charge >= 0.3 is 11.9 Å². The zero-order chi connectivity index (χ0) is 23.6. The molecule has 3 aromatic rings. The van der Waals surface area contributed by atoms with Crippen molar-refractivity contribution in [1.29, 1.82) is 0 Å². The zero-order valence-electron chi connectivity index (χ0n) is 17.7. The van der Waals surface area contributed by atoms with Gasteiger partial charge in [-0.05, 0) is 36.6 Å². The number of aliphatic carboxylic acids is 1. The van der Waals surface area contributed by atoms with Crippen molar-refractivity contribution in [3.8, 4) is 11.5 Å². The molecule has 0 saturated heterocycles. The SMILES string of the molecule is COC(=O)C[C@H](c1cc2ccc(OC)cc2[nH]c1=O)c1c(O)cc(C)n(CC(=O)O)c1=O. The molecule has 0 saturated carbocycles. The molecule has 1 aromatic carbocycles. The number of nitrogens with zero attached hydrogens (tertiary/aromatic N) is 1. The summed E-state index contributed by atoms with van der Waals surface area (Å²) >= 11 is 0. The fourth-order valence-electron chi connectivity index (χ4n) is 3.63. The normalized spacial score (nSPS) is 11.8. The Labute approximate surface area is 181 Å². The number of esters is 1. The van der Waals surface area contributed by atoms with E-state index >= 15 is 0 Å². The molecule has 0 aliphatic carbocycles. The maximum absolute atomic E-state index is 13.1. The minimum Gasteiger partial charge on any atom is -0.507 e. The number of carboxylic acids is 1. The number of aromatic nitrogens is 2. The summed E-state index contributed by atoms with van der Waals surface area (Å²) in [6, 6.07) is 7.74. The average Bonchev–Trinajstić information content (AvgIpc) is 2.74. The van der Waals surface area contributed by atoms with Crippen LogP contribution >= 0.6 is 0 Å². The zero-order valence-corrected chi connectivity index (χ0v) is 17.7. The van der Waals surface area contributed by atoms with Gasteiger partial charge in [-0.15, -0.1) is 0 Å². The number of pyridine rings is 2. The predicted octanol–water partition coefficient (Wildman–Crippen LogP) is 1.49. The molecule has 0 aliphatic heterocycles. The number of aromatic hydroxyl groups is 1. The highest BCUT2D eigenvalue weighted by Crippen LogP contribution is 2.32. The van der Waals surface area contributed by atoms with E-state index in [0.29, 0.717) is 16.7 Å². The van der Waals surface area contributed by atoms with Crippen molar-refractivity contribution in [2.24, 2.45) is 0 Å². The second-order valence-electron chi connectivity index (χ2n) is 7.21. The minimum absolute atomic E-state index is 0.0474. The van der Waals surface area contributed by atoms with Gasteiger partial charge in [-0.25, -0.2) is 0 Å². The van der Waals surface area contributed by atoms with Crippen molar-refractivity contribution in [1.82, 2.24) is 9.55 Å². The Morgan fingerprint density at radius 2 is 1.88 bits per heavy atom. The van der Waals surface area contributed by atoms with Crippen molar-refractivity contribution >= 4 is 22.8 Å². The summed E-state index contributed by atoms with van der Waals surface area (Å²) in [7, 11) is 2.65. The number of aryl methyl sites for hydroxylation is 1. The molecule has 32 heavy (non-hydrogen) atoms. The molecular formula is C22H22N2O8. The van der Waals surface area contributed by atoms with Gasteiger partial charge in [-0.2, -0.15) is 0 Å². The summed E-state index contributed by atoms with van der Waals surface area (Å²) in [4.78, 5) is 52.2. The molecule has 0 aliphatic rings. The molecule has 0 amide bonds. The number of fused-ring (bicyclic) bond motifs is 1. The number of hydrogen-bond acceptors (Lipinski definition) is 7. The van der Waals surface area contributed by atoms with Gasteiger partial charge in [0.25, 0.3) is 11.1 Å². The maximum Gasteiger partial charge on any atom is 0.323 e. The second-order valence-corrected chi connectivity index (χ2v) is 7.21. The van der Waals surface area contributed by atoms with E-state index in [1.807, 2.05) is 0 Å². The molecule has 0 fully saturated rings. The van der Waals surface area contributed by atoms with Crippen LogP contribution in [0.25, 0.3) is 10.9 Å². The Bertz CT molecular complexity index is 1320. The first-order chi connectivity index (χ1) is 15.2. The van der Waals surface area contributed by atoms with Crippen molar-refractivity contribution in [2.45, 2.75) is 25.8 Å². The molecule has 10 heteroatoms. The molecule has 0 unspecified atom stereocenters. The molecule has 0 spiro atoms. The van der Waals surface area contributed by atoms with E-state index in [1.165, 1.54) is 26.2 Å². The molecule has 3 N–H and O–H groups in total. The summed E-state index contributed by atoms with van der Waals surface area (Å²) in [5.74, 6) is -3.06. The first-order valence-electron chi connectivity index (χ1n) is 9.59. The molecule has 168 valence electrons. The lowest BCUT2D eigenvalue weighted by Gasteiger charge is -2.19. The summed E-state index contributed by atoms with van der Waals surface area (Å²) in [5, 5.41) is 20.3. The standard InChI is InChI=1S/C22H22N2O8/c1-11-6-17(25)20(22(30)24(11)10-18(26)27)14(9-19(28)32-3)15-7-12-4-5-13(31-2)8-16(12)23-21(15)29/h4-8,14,25H,9-10H2,1-3H3,(H,23,29)(H,26,27)/t14-/m1/s1. The highest BCUT2D eigenvalue weighted by Gasteiger charge is 2.29. The minimum atomic E-state index is -1.26. The highest BCUT2D eigenvalue weighted by molar-refractivity contribution is 5.81. The molecule has 3 rings (SSSR count). The van der Waals surface area contributed by atoms with Crippen molar-refractivity contribution in [3.63, 3.8) is 0 Å². The van der Waals surface area contributed by atoms with Crippen LogP contribution in [0.5, 0.6) is 11.5 Å². The average molecular weight is 442 g/mol. The lowest BCUT2D eigenvalue weighted by atomic mass is 9.88. The second kappa shape index (κ2) is 8.96. The number of hydrogen-bond donors (Lipinski definition) is 3. The first kappa shape index (κ1) is 22.6. The number of aromatic amines is 1. The summed E-state index contributed by atoms with van der Waals surface area (Å²) in [6.07, 6.45) is -0.416. The molecular weight excluding hydrogens is 420 g/mol. The van der Waals surface area contributed by atoms with Crippen LogP contribution in [0.15, 0.2) is 39.9 Å². The number of H-pyrrole nitrogens is 1. The van der Waals surface area contributed by atoms with Crippen LogP contribution in [0, 0.1) is 6.92 Å². The van der Waals surface area contributed by atoms with E-state index in [4.69, 9.17) is 14.6 Å². The number of carboxylic acid groups (broad SMARTS) is 1. The van der Waals surface area contributed by atoms with E-state index in [0.717, 1.165) is 11.7 Å². The van der Waals surface area contributed by atoms with Gasteiger partial charge in [0, 0.05) is 23.2 Å². The van der Waals surface area contributed by atoms with Crippen LogP contribution < -0.4 is 15.9 Å². The van der Waals surface area contributed by atoms with E-state index in [1.54, 1.807) is 18.2 Å². The Morgan fingerprint density at radius 1 is 1.16 bits per heavy atom. The van der Waals surface area contributed by atoms with Crippen LogP contribution in [-0.2, 0) is 20.9 Å². The highest BCUT2D eigenvalue weighted by atomic mass is 16.5. The summed E-state index contributed by atoms with van der Waals surface area (Å²) in [6.45, 7) is 0.829. The van der Waals surface area contributed by atoms with Crippen molar-refractivity contribution in [3.05, 3.63) is 67.9 Å². The van der Waals surface area contributed by atoms with Gasteiger partial charge in [0.15, 0.2) is 0 Å². The quantitative estimate of drug-likeness (QED) is 0.466. The lowest BCUT2D eigenvalue weighted by Crippen LogP contribution is -2.32. The van der Waals surface area contributed by atoms with Crippen LogP contribution in [0.4, 0.5) is 0 Å². The maximum atomic E-state index is 13.1. The molecule has 2 heterocycles. The van der Waals surface area contributed by atoms with Gasteiger partial charge in [-0.1, -0.05) is 0 Å². The smallest absolute Gasteiger partial charge is 0.323 e. The van der Waals surface area contributed by atoms with Crippen LogP contribution in [0.3, 0.4) is 0 Å². The fraction of sp³-hybridized carbons (Fsp3) is 0.273. The number of nitrogens with one attached hydrogen (secondary N) is 1. The number of carbonyl (C=O) groups excluding carboxylic acids is 1. The number of carbonyl (C=O) groups is 2. The largest absolute Gasteiger partial charge is 0.507 e. The number of ether oxygens (including phenoxy) is 2. The van der Waals surface area contributed by atoms with Gasteiger partial charge in [-0.3, -0.25) is 19.2 Å². The summed E-state index contributed by atoms with van der Waals surface area (Å²) < 4.78 is 10.8. The molecule has 2 aromatic heterocycles. The lowest BCUT2D eigenvalue weighted by molar-refractivity contribution is -0.141. The van der Waals surface area contributed by atoms with E-state index in [-0.39, 0.29) is 16.8 Å². The Hall–Kier alpha value is -4.08. The predicted molar refractivity (Wildman–Crippen MR) is 114 cm³/mol. The Kier molecular flexibility index (Phi) is 6.33. The third kappa shape index (κ3) is 4.34. The molecule has 0 bridgehead atoms. The monoisotopic (exact) mass is 442 g/mol. The fourth-order valence-corrected chi connectivity index (χ4v) is 3.63. The van der Waals surface area contributed by atoms with Gasteiger partial charge < -0.3 is 29.2 Å². The van der Waals surface area contributed by atoms with E-state index < -0.39 is 47.7 Å². The van der Waals surface area contributed by atoms with Crippen molar-refractivity contribution < 1.29 is 29.3 Å². The van der Waals surface area contributed by atoms with Crippen LogP contribution in [0.2, 0.25) is 0 Å². The summed E-state index contributed by atoms with van der Waals surface area (Å²) in [5.41, 5.74) is -0.912. The Balaban J connectivity index is 2.29. The number of rotatable bonds is 7.